The Bertz CT molecular complexity index is 2100. The Morgan fingerprint density at radius 3 is 2.40 bits per heavy atom. The highest BCUT2D eigenvalue weighted by Crippen LogP contribution is 2.37. The Hall–Kier alpha value is -5.73. The van der Waals surface area contributed by atoms with E-state index in [9.17, 15) is 19.5 Å². The van der Waals surface area contributed by atoms with Gasteiger partial charge in [0.05, 0.1) is 0 Å². The molecule has 1 saturated heterocycles. The average Bonchev–Trinajstić information content (AvgIpc) is 3.49. The van der Waals surface area contributed by atoms with Crippen molar-refractivity contribution in [2.45, 2.75) is 45.6 Å². The fourth-order valence-corrected chi connectivity index (χ4v) is 6.08. The lowest BCUT2D eigenvalue weighted by Crippen LogP contribution is -2.40. The summed E-state index contributed by atoms with van der Waals surface area (Å²) in [6.45, 7) is 6.76. The minimum absolute atomic E-state index is 0.0316. The largest absolute Gasteiger partial charge is 0.382 e. The predicted octanol–water partition coefficient (Wildman–Crippen LogP) is 4.48. The zero-order valence-electron chi connectivity index (χ0n) is 27.1. The first-order chi connectivity index (χ1) is 23.1. The first-order valence-electron chi connectivity index (χ1n) is 15.9. The maximum Gasteiger partial charge on any atom is 0.268 e. The van der Waals surface area contributed by atoms with Crippen molar-refractivity contribution in [3.8, 4) is 28.7 Å². The first-order valence-corrected chi connectivity index (χ1v) is 15.9. The van der Waals surface area contributed by atoms with Crippen LogP contribution in [0.1, 0.15) is 61.1 Å². The Labute approximate surface area is 278 Å². The van der Waals surface area contributed by atoms with Gasteiger partial charge in [-0.2, -0.15) is 5.10 Å². The number of pyridine rings is 1. The van der Waals surface area contributed by atoms with Crippen molar-refractivity contribution in [3.63, 3.8) is 0 Å². The number of aromatic nitrogens is 4. The quantitative estimate of drug-likeness (QED) is 0.231. The van der Waals surface area contributed by atoms with E-state index in [1.807, 2.05) is 41.5 Å². The number of aliphatic hydroxyl groups is 1. The zero-order chi connectivity index (χ0) is 33.9. The van der Waals surface area contributed by atoms with Crippen LogP contribution in [0.2, 0.25) is 0 Å². The van der Waals surface area contributed by atoms with Gasteiger partial charge < -0.3 is 21.1 Å². The number of carbonyl (C=O) groups is 2. The van der Waals surface area contributed by atoms with Gasteiger partial charge in [0.2, 0.25) is 5.91 Å². The van der Waals surface area contributed by atoms with Gasteiger partial charge in [0.1, 0.15) is 23.5 Å². The second-order valence-electron chi connectivity index (χ2n) is 12.3. The fourth-order valence-electron chi connectivity index (χ4n) is 6.08. The summed E-state index contributed by atoms with van der Waals surface area (Å²) in [4.78, 5) is 45.7. The number of rotatable bonds is 6. The number of hydrogen-bond acceptors (Lipinski definition) is 7. The highest BCUT2D eigenvalue weighted by Gasteiger charge is 2.28. The Morgan fingerprint density at radius 2 is 1.73 bits per heavy atom. The van der Waals surface area contributed by atoms with Crippen molar-refractivity contribution in [1.29, 1.82) is 0 Å². The van der Waals surface area contributed by atoms with Crippen molar-refractivity contribution in [1.82, 2.24) is 24.1 Å². The number of nitrogens with one attached hydrogen (secondary N) is 1. The molecule has 1 fully saturated rings. The van der Waals surface area contributed by atoms with Crippen LogP contribution < -0.4 is 16.6 Å². The van der Waals surface area contributed by atoms with E-state index in [0.717, 1.165) is 29.7 Å². The molecule has 3 aromatic heterocycles. The molecule has 11 heteroatoms. The molecule has 0 spiro atoms. The van der Waals surface area contributed by atoms with E-state index >= 15 is 0 Å². The van der Waals surface area contributed by atoms with Gasteiger partial charge >= 0.3 is 0 Å². The second kappa shape index (κ2) is 13.6. The summed E-state index contributed by atoms with van der Waals surface area (Å²) in [6.07, 6.45) is 3.76. The molecule has 0 radical (unpaired) electrons. The lowest BCUT2D eigenvalue weighted by atomic mass is 9.92. The number of nitrogens with zero attached hydrogens (tertiary/aromatic N) is 5. The molecule has 4 heterocycles. The molecule has 4 N–H and O–H groups in total. The molecule has 6 rings (SSSR count). The van der Waals surface area contributed by atoms with Crippen LogP contribution in [-0.2, 0) is 4.79 Å². The van der Waals surface area contributed by atoms with Crippen LogP contribution in [0, 0.1) is 17.8 Å². The highest BCUT2D eigenvalue weighted by molar-refractivity contribution is 6.04. The maximum atomic E-state index is 13.5. The Balaban J connectivity index is 1.27. The topological polar surface area (TPSA) is 148 Å². The van der Waals surface area contributed by atoms with E-state index < -0.39 is 17.6 Å². The number of piperidine rings is 1. The monoisotopic (exact) mass is 643 g/mol. The minimum atomic E-state index is -0.873. The van der Waals surface area contributed by atoms with Crippen LogP contribution in [0.25, 0.3) is 22.3 Å². The number of fused-ring (bicyclic) bond motifs is 1. The molecule has 1 aliphatic rings. The van der Waals surface area contributed by atoms with Crippen LogP contribution in [0.5, 0.6) is 0 Å². The molecule has 11 nitrogen and oxygen atoms in total. The van der Waals surface area contributed by atoms with Crippen LogP contribution in [0.15, 0.2) is 84.0 Å². The number of nitrogens with two attached hydrogens (primary N) is 1. The molecular weight excluding hydrogens is 606 g/mol. The number of aliphatic hydroxyl groups excluding tert-OH is 1. The number of para-hydroxylation sites is 1. The van der Waals surface area contributed by atoms with Gasteiger partial charge in [0, 0.05) is 59.3 Å². The number of benzene rings is 2. The Kier molecular flexibility index (Phi) is 9.10. The van der Waals surface area contributed by atoms with E-state index in [4.69, 9.17) is 5.73 Å². The maximum absolute atomic E-state index is 13.5. The van der Waals surface area contributed by atoms with Crippen molar-refractivity contribution < 1.29 is 14.7 Å². The second-order valence-corrected chi connectivity index (χ2v) is 12.3. The molecule has 1 unspecified atom stereocenters. The van der Waals surface area contributed by atoms with E-state index in [0.29, 0.717) is 41.4 Å². The Morgan fingerprint density at radius 1 is 1.02 bits per heavy atom. The predicted molar refractivity (Wildman–Crippen MR) is 185 cm³/mol. The number of hydrogen-bond donors (Lipinski definition) is 3. The zero-order valence-corrected chi connectivity index (χ0v) is 27.1. The SMILES string of the molecule is CC(O)C#Cc1cc(C(=O)Nc2ccc(-c3cc(C4CCN(C(=O)C(C)C)CC4)n4ncnc(N)c34)cc2)c(=O)n(-c2ccccc2)c1. The first kappa shape index (κ1) is 32.2. The van der Waals surface area contributed by atoms with E-state index in [-0.39, 0.29) is 23.3 Å². The van der Waals surface area contributed by atoms with Gasteiger partial charge in [-0.05, 0) is 61.7 Å². The summed E-state index contributed by atoms with van der Waals surface area (Å²) in [5.41, 5.74) is 10.7. The summed E-state index contributed by atoms with van der Waals surface area (Å²) < 4.78 is 3.22. The number of carbonyl (C=O) groups excluding carboxylic acids is 2. The van der Waals surface area contributed by atoms with Crippen molar-refractivity contribution in [2.75, 3.05) is 24.1 Å². The van der Waals surface area contributed by atoms with Gasteiger partial charge in [0.25, 0.3) is 11.5 Å². The third-order valence-electron chi connectivity index (χ3n) is 8.50. The van der Waals surface area contributed by atoms with Gasteiger partial charge in [-0.1, -0.05) is 56.0 Å². The van der Waals surface area contributed by atoms with Gasteiger partial charge in [0.15, 0.2) is 5.82 Å². The summed E-state index contributed by atoms with van der Waals surface area (Å²) in [7, 11) is 0. The number of anilines is 2. The molecule has 0 saturated carbocycles. The van der Waals surface area contributed by atoms with Crippen LogP contribution >= 0.6 is 0 Å². The molecular formula is C37H37N7O4. The molecule has 1 atom stereocenters. The van der Waals surface area contributed by atoms with Crippen LogP contribution in [0.3, 0.4) is 0 Å². The smallest absolute Gasteiger partial charge is 0.268 e. The lowest BCUT2D eigenvalue weighted by Gasteiger charge is -2.33. The average molecular weight is 644 g/mol. The standard InChI is InChI=1S/C37H37N7O4/c1-23(2)36(47)42-17-15-27(16-18-42)32-20-30(33-34(38)39-22-40-44(32)33)26-11-13-28(14-12-26)41-35(46)31-19-25(10-9-24(3)45)21-43(37(31)48)29-7-5-4-6-8-29/h4-8,11-14,19-24,27,45H,15-18H2,1-3H3,(H,41,46)(H2,38,39,40). The van der Waals surface area contributed by atoms with Gasteiger partial charge in [-0.25, -0.2) is 9.50 Å². The lowest BCUT2D eigenvalue weighted by molar-refractivity contribution is -0.135. The minimum Gasteiger partial charge on any atom is -0.382 e. The molecule has 2 amide bonds. The third-order valence-corrected chi connectivity index (χ3v) is 8.50. The molecule has 0 bridgehead atoms. The van der Waals surface area contributed by atoms with E-state index in [1.54, 1.807) is 42.6 Å². The molecule has 244 valence electrons. The normalized spacial score (nSPS) is 14.1. The summed E-state index contributed by atoms with van der Waals surface area (Å²) in [5.74, 6) is 5.61. The third kappa shape index (κ3) is 6.56. The fraction of sp³-hybridized carbons (Fsp3) is 0.270. The highest BCUT2D eigenvalue weighted by atomic mass is 16.3. The van der Waals surface area contributed by atoms with Crippen molar-refractivity contribution in [3.05, 3.63) is 106 Å². The summed E-state index contributed by atoms with van der Waals surface area (Å²) in [6, 6.07) is 19.8. The van der Waals surface area contributed by atoms with Crippen LogP contribution in [-0.4, -0.2) is 60.2 Å². The summed E-state index contributed by atoms with van der Waals surface area (Å²) >= 11 is 0. The van der Waals surface area contributed by atoms with E-state index in [2.05, 4.69) is 33.3 Å². The molecule has 1 aliphatic heterocycles. The molecule has 2 aromatic carbocycles. The molecule has 0 aliphatic carbocycles. The van der Waals surface area contributed by atoms with Gasteiger partial charge in [-0.15, -0.1) is 0 Å². The van der Waals surface area contributed by atoms with Crippen molar-refractivity contribution >= 4 is 28.8 Å². The molecule has 48 heavy (non-hydrogen) atoms. The number of amides is 2. The van der Waals surface area contributed by atoms with Gasteiger partial charge in [-0.3, -0.25) is 19.0 Å². The number of likely N-dealkylation sites (tertiary alicyclic amines) is 1. The number of nitrogen functional groups attached to an aromatic ring is 1. The van der Waals surface area contributed by atoms with Crippen LogP contribution in [0.4, 0.5) is 11.5 Å². The van der Waals surface area contributed by atoms with E-state index in [1.165, 1.54) is 23.9 Å². The molecule has 5 aromatic rings. The van der Waals surface area contributed by atoms with Crippen molar-refractivity contribution in [2.24, 2.45) is 5.92 Å². The summed E-state index contributed by atoms with van der Waals surface area (Å²) in [5, 5.41) is 17.0.